The Hall–Kier alpha value is -1.67. The second-order valence-corrected chi connectivity index (χ2v) is 4.87. The zero-order valence-corrected chi connectivity index (χ0v) is 10.5. The first-order valence-electron chi connectivity index (χ1n) is 5.57. The molecule has 0 amide bonds. The van der Waals surface area contributed by atoms with Crippen LogP contribution in [0.4, 0.5) is 5.69 Å². The average molecular weight is 239 g/mol. The number of thiol groups is 1. The highest BCUT2D eigenvalue weighted by atomic mass is 32.1. The number of fused-ring (bicyclic) bond motifs is 3. The first-order valence-corrected chi connectivity index (χ1v) is 6.02. The van der Waals surface area contributed by atoms with Gasteiger partial charge in [0.15, 0.2) is 0 Å². The van der Waals surface area contributed by atoms with E-state index in [1.165, 1.54) is 16.3 Å². The van der Waals surface area contributed by atoms with Crippen LogP contribution >= 0.6 is 12.6 Å². The Balaban J connectivity index is 2.58. The van der Waals surface area contributed by atoms with E-state index < -0.39 is 0 Å². The standard InChI is InChI=1S/C15H13NS/c1-9-2-6-12-11(8-9)4-3-10-5-7-13(17)15(16)14(10)12/h2-8,17H,16H2,1H3. The SMILES string of the molecule is Cc1ccc2c(ccc3ccc(S)c(N)c32)c1. The fourth-order valence-corrected chi connectivity index (χ4v) is 2.48. The number of nitrogens with two attached hydrogens (primary N) is 1. The molecule has 0 spiro atoms. The summed E-state index contributed by atoms with van der Waals surface area (Å²) >= 11 is 4.39. The molecule has 17 heavy (non-hydrogen) atoms. The summed E-state index contributed by atoms with van der Waals surface area (Å²) in [6, 6.07) is 14.7. The van der Waals surface area contributed by atoms with E-state index in [0.29, 0.717) is 0 Å². The molecule has 2 heteroatoms. The van der Waals surface area contributed by atoms with Crippen molar-refractivity contribution >= 4 is 39.9 Å². The van der Waals surface area contributed by atoms with Crippen molar-refractivity contribution in [2.24, 2.45) is 0 Å². The Labute approximate surface area is 106 Å². The fraction of sp³-hybridized carbons (Fsp3) is 0.0667. The second kappa shape index (κ2) is 3.67. The van der Waals surface area contributed by atoms with Crippen LogP contribution in [-0.2, 0) is 0 Å². The van der Waals surface area contributed by atoms with Crippen molar-refractivity contribution < 1.29 is 0 Å². The molecule has 0 fully saturated rings. The molecule has 0 saturated heterocycles. The average Bonchev–Trinajstić information content (AvgIpc) is 2.33. The molecule has 3 rings (SSSR count). The summed E-state index contributed by atoms with van der Waals surface area (Å²) in [4.78, 5) is 0.838. The predicted molar refractivity (Wildman–Crippen MR) is 77.9 cm³/mol. The minimum absolute atomic E-state index is 0.764. The molecule has 0 saturated carbocycles. The van der Waals surface area contributed by atoms with E-state index in [1.54, 1.807) is 0 Å². The summed E-state index contributed by atoms with van der Waals surface area (Å²) in [7, 11) is 0. The van der Waals surface area contributed by atoms with Crippen LogP contribution < -0.4 is 5.73 Å². The summed E-state index contributed by atoms with van der Waals surface area (Å²) < 4.78 is 0. The quantitative estimate of drug-likeness (QED) is 0.343. The summed E-state index contributed by atoms with van der Waals surface area (Å²) in [5, 5.41) is 4.69. The molecule has 0 heterocycles. The highest BCUT2D eigenvalue weighted by Crippen LogP contribution is 2.33. The van der Waals surface area contributed by atoms with Crippen molar-refractivity contribution in [3.05, 3.63) is 48.0 Å². The van der Waals surface area contributed by atoms with Gasteiger partial charge in [0.2, 0.25) is 0 Å². The summed E-state index contributed by atoms with van der Waals surface area (Å²) in [6.45, 7) is 2.10. The number of nitrogen functional groups attached to an aromatic ring is 1. The van der Waals surface area contributed by atoms with E-state index in [9.17, 15) is 0 Å². The Kier molecular flexibility index (Phi) is 2.26. The molecule has 0 unspecified atom stereocenters. The van der Waals surface area contributed by atoms with Crippen LogP contribution in [0.25, 0.3) is 21.5 Å². The normalized spacial score (nSPS) is 11.2. The number of hydrogen-bond donors (Lipinski definition) is 2. The predicted octanol–water partition coefficient (Wildman–Crippen LogP) is 4.17. The summed E-state index contributed by atoms with van der Waals surface area (Å²) in [5.41, 5.74) is 8.17. The van der Waals surface area contributed by atoms with Crippen LogP contribution in [0.1, 0.15) is 5.56 Å². The van der Waals surface area contributed by atoms with Gasteiger partial charge >= 0.3 is 0 Å². The lowest BCUT2D eigenvalue weighted by Crippen LogP contribution is -1.90. The molecule has 0 radical (unpaired) electrons. The molecule has 0 atom stereocenters. The van der Waals surface area contributed by atoms with E-state index in [2.05, 4.69) is 56.0 Å². The Morgan fingerprint density at radius 2 is 1.65 bits per heavy atom. The van der Waals surface area contributed by atoms with Gasteiger partial charge in [-0.15, -0.1) is 12.6 Å². The van der Waals surface area contributed by atoms with Crippen LogP contribution in [0.15, 0.2) is 47.4 Å². The topological polar surface area (TPSA) is 26.0 Å². The maximum absolute atomic E-state index is 6.15. The van der Waals surface area contributed by atoms with E-state index in [4.69, 9.17) is 5.73 Å². The van der Waals surface area contributed by atoms with Gasteiger partial charge in [0.25, 0.3) is 0 Å². The first kappa shape index (κ1) is 10.5. The van der Waals surface area contributed by atoms with Crippen molar-refractivity contribution in [1.29, 1.82) is 0 Å². The summed E-state index contributed by atoms with van der Waals surface area (Å²) in [5.74, 6) is 0. The molecule has 2 N–H and O–H groups in total. The van der Waals surface area contributed by atoms with Gasteiger partial charge in [0, 0.05) is 10.3 Å². The molecule has 1 nitrogen and oxygen atoms in total. The number of benzene rings is 3. The molecule has 0 bridgehead atoms. The molecule has 3 aromatic carbocycles. The van der Waals surface area contributed by atoms with Crippen molar-refractivity contribution in [2.75, 3.05) is 5.73 Å². The van der Waals surface area contributed by atoms with Crippen molar-refractivity contribution in [3.63, 3.8) is 0 Å². The number of anilines is 1. The molecular formula is C15H13NS. The molecule has 0 aliphatic carbocycles. The highest BCUT2D eigenvalue weighted by molar-refractivity contribution is 7.80. The van der Waals surface area contributed by atoms with Gasteiger partial charge in [0.1, 0.15) is 0 Å². The van der Waals surface area contributed by atoms with Crippen molar-refractivity contribution in [1.82, 2.24) is 0 Å². The van der Waals surface area contributed by atoms with Crippen LogP contribution in [0.2, 0.25) is 0 Å². The van der Waals surface area contributed by atoms with E-state index >= 15 is 0 Å². The molecular weight excluding hydrogens is 226 g/mol. The van der Waals surface area contributed by atoms with Crippen LogP contribution in [0.5, 0.6) is 0 Å². The monoisotopic (exact) mass is 239 g/mol. The lowest BCUT2D eigenvalue weighted by Gasteiger charge is -2.09. The molecule has 84 valence electrons. The third-order valence-corrected chi connectivity index (χ3v) is 3.56. The van der Waals surface area contributed by atoms with Gasteiger partial charge in [0.05, 0.1) is 5.69 Å². The van der Waals surface area contributed by atoms with Crippen LogP contribution in [-0.4, -0.2) is 0 Å². The maximum Gasteiger partial charge on any atom is 0.0535 e. The lowest BCUT2D eigenvalue weighted by atomic mass is 9.99. The van der Waals surface area contributed by atoms with Gasteiger partial charge in [-0.1, -0.05) is 42.0 Å². The van der Waals surface area contributed by atoms with Gasteiger partial charge in [-0.25, -0.2) is 0 Å². The smallest absolute Gasteiger partial charge is 0.0535 e. The molecule has 0 aliphatic rings. The Morgan fingerprint density at radius 3 is 2.47 bits per heavy atom. The third-order valence-electron chi connectivity index (χ3n) is 3.17. The molecule has 0 aliphatic heterocycles. The fourth-order valence-electron chi connectivity index (χ4n) is 2.29. The van der Waals surface area contributed by atoms with E-state index in [0.717, 1.165) is 21.4 Å². The van der Waals surface area contributed by atoms with Gasteiger partial charge in [-0.05, 0) is 29.1 Å². The highest BCUT2D eigenvalue weighted by Gasteiger charge is 2.06. The Bertz CT molecular complexity index is 732. The van der Waals surface area contributed by atoms with E-state index in [-0.39, 0.29) is 0 Å². The van der Waals surface area contributed by atoms with Gasteiger partial charge < -0.3 is 5.73 Å². The number of hydrogen-bond acceptors (Lipinski definition) is 2. The lowest BCUT2D eigenvalue weighted by molar-refractivity contribution is 1.50. The van der Waals surface area contributed by atoms with Crippen molar-refractivity contribution in [2.45, 2.75) is 11.8 Å². The van der Waals surface area contributed by atoms with Crippen LogP contribution in [0.3, 0.4) is 0 Å². The zero-order chi connectivity index (χ0) is 12.0. The third kappa shape index (κ3) is 1.56. The molecule has 0 aromatic heterocycles. The minimum atomic E-state index is 0.764. The van der Waals surface area contributed by atoms with Crippen molar-refractivity contribution in [3.8, 4) is 0 Å². The van der Waals surface area contributed by atoms with Gasteiger partial charge in [-0.3, -0.25) is 0 Å². The second-order valence-electron chi connectivity index (χ2n) is 4.39. The van der Waals surface area contributed by atoms with E-state index in [1.807, 2.05) is 6.07 Å². The Morgan fingerprint density at radius 1 is 0.941 bits per heavy atom. The number of aryl methyl sites for hydroxylation is 1. The van der Waals surface area contributed by atoms with Crippen LogP contribution in [0, 0.1) is 6.92 Å². The zero-order valence-electron chi connectivity index (χ0n) is 9.57. The summed E-state index contributed by atoms with van der Waals surface area (Å²) in [6.07, 6.45) is 0. The number of rotatable bonds is 0. The first-order chi connectivity index (χ1) is 8.16. The molecule has 3 aromatic rings. The van der Waals surface area contributed by atoms with Gasteiger partial charge in [-0.2, -0.15) is 0 Å². The largest absolute Gasteiger partial charge is 0.397 e. The maximum atomic E-state index is 6.15. The minimum Gasteiger partial charge on any atom is -0.397 e.